The Bertz CT molecular complexity index is 1440. The molecule has 0 amide bonds. The average molecular weight is 468 g/mol. The summed E-state index contributed by atoms with van der Waals surface area (Å²) in [4.78, 5) is 11.9. The standard InChI is InChI=1S/C24H19F4N5O/c25-15-4-5-20-19(9-15)21(11-22(32-20)24(26,27)28)30-16-2-1-3-17(10-16)31-23(34)14-6-7-33-13-29-12-18(33)8-14/h4-13,17H,1-3H2,(H,30,32)(H,31,34)/p-1. The number of fused-ring (bicyclic) bond motifs is 2. The molecule has 0 saturated heterocycles. The highest BCUT2D eigenvalue weighted by atomic mass is 19.4. The number of rotatable bonds is 4. The minimum atomic E-state index is -4.65. The monoisotopic (exact) mass is 468 g/mol. The number of aliphatic imine (C=N–C) groups is 1. The van der Waals surface area contributed by atoms with Gasteiger partial charge in [-0.05, 0) is 73.2 Å². The minimum Gasteiger partial charge on any atom is -0.858 e. The second kappa shape index (κ2) is 8.44. The summed E-state index contributed by atoms with van der Waals surface area (Å²) in [7, 11) is 0. The van der Waals surface area contributed by atoms with E-state index in [1.165, 1.54) is 6.07 Å². The first-order valence-corrected chi connectivity index (χ1v) is 10.6. The van der Waals surface area contributed by atoms with Gasteiger partial charge in [0.05, 0.1) is 29.6 Å². The molecule has 0 fully saturated rings. The second-order valence-corrected chi connectivity index (χ2v) is 8.07. The maximum Gasteiger partial charge on any atom is 0.433 e. The number of pyridine rings is 2. The van der Waals surface area contributed by atoms with Crippen LogP contribution in [0.5, 0.6) is 0 Å². The van der Waals surface area contributed by atoms with Gasteiger partial charge < -0.3 is 14.8 Å². The van der Waals surface area contributed by atoms with Gasteiger partial charge >= 0.3 is 6.18 Å². The van der Waals surface area contributed by atoms with Crippen LogP contribution in [0.25, 0.3) is 16.4 Å². The van der Waals surface area contributed by atoms with Crippen molar-refractivity contribution >= 4 is 28.0 Å². The van der Waals surface area contributed by atoms with E-state index in [-0.39, 0.29) is 22.5 Å². The van der Waals surface area contributed by atoms with Gasteiger partial charge in [0.1, 0.15) is 11.5 Å². The van der Waals surface area contributed by atoms with Gasteiger partial charge in [-0.2, -0.15) is 13.2 Å². The molecule has 1 aliphatic carbocycles. The highest BCUT2D eigenvalue weighted by molar-refractivity contribution is 5.93. The highest BCUT2D eigenvalue weighted by Gasteiger charge is 2.33. The van der Waals surface area contributed by atoms with Gasteiger partial charge in [-0.3, -0.25) is 4.99 Å². The van der Waals surface area contributed by atoms with Crippen LogP contribution < -0.4 is 10.4 Å². The minimum absolute atomic E-state index is 0.0295. The summed E-state index contributed by atoms with van der Waals surface area (Å²) >= 11 is 0. The van der Waals surface area contributed by atoms with Crippen LogP contribution in [0.3, 0.4) is 0 Å². The summed E-state index contributed by atoms with van der Waals surface area (Å²) in [6.45, 7) is 0. The number of benzene rings is 1. The number of nitrogens with one attached hydrogen (secondary N) is 1. The molecule has 0 bridgehead atoms. The molecule has 10 heteroatoms. The number of imidazole rings is 1. The Morgan fingerprint density at radius 1 is 1.18 bits per heavy atom. The Morgan fingerprint density at radius 3 is 2.85 bits per heavy atom. The fraction of sp³-hybridized carbons (Fsp3) is 0.208. The van der Waals surface area contributed by atoms with Gasteiger partial charge in [0.2, 0.25) is 0 Å². The van der Waals surface area contributed by atoms with Crippen molar-refractivity contribution in [2.75, 3.05) is 5.32 Å². The molecule has 1 atom stereocenters. The Balaban J connectivity index is 1.46. The van der Waals surface area contributed by atoms with Crippen molar-refractivity contribution < 1.29 is 22.7 Å². The molecule has 6 nitrogen and oxygen atoms in total. The zero-order valence-corrected chi connectivity index (χ0v) is 17.7. The lowest BCUT2D eigenvalue weighted by Crippen LogP contribution is -2.23. The van der Waals surface area contributed by atoms with Crippen LogP contribution in [0.1, 0.15) is 30.5 Å². The lowest BCUT2D eigenvalue weighted by atomic mass is 9.99. The zero-order chi connectivity index (χ0) is 23.9. The van der Waals surface area contributed by atoms with Gasteiger partial charge in [0.15, 0.2) is 0 Å². The third-order valence-electron chi connectivity index (χ3n) is 5.64. The molecule has 34 heavy (non-hydrogen) atoms. The molecule has 0 radical (unpaired) electrons. The maximum atomic E-state index is 13.8. The molecule has 5 rings (SSSR count). The van der Waals surface area contributed by atoms with Gasteiger partial charge in [-0.25, -0.2) is 14.4 Å². The topological polar surface area (TPSA) is 77.6 Å². The number of alkyl halides is 3. The summed E-state index contributed by atoms with van der Waals surface area (Å²) in [5, 5.41) is 15.9. The van der Waals surface area contributed by atoms with Crippen LogP contribution in [0.4, 0.5) is 23.2 Å². The van der Waals surface area contributed by atoms with Crippen LogP contribution >= 0.6 is 0 Å². The largest absolute Gasteiger partial charge is 0.858 e. The van der Waals surface area contributed by atoms with Gasteiger partial charge in [-0.15, -0.1) is 0 Å². The second-order valence-electron chi connectivity index (χ2n) is 8.07. The molecule has 1 unspecified atom stereocenters. The average Bonchev–Trinajstić information content (AvgIpc) is 3.27. The number of anilines is 1. The fourth-order valence-electron chi connectivity index (χ4n) is 4.00. The van der Waals surface area contributed by atoms with Crippen LogP contribution in [0.15, 0.2) is 71.9 Å². The van der Waals surface area contributed by atoms with E-state index < -0.39 is 23.7 Å². The Labute approximate surface area is 191 Å². The van der Waals surface area contributed by atoms with Crippen molar-refractivity contribution in [2.24, 2.45) is 4.99 Å². The van der Waals surface area contributed by atoms with Gasteiger partial charge in [-0.1, -0.05) is 0 Å². The molecule has 4 aromatic rings. The summed E-state index contributed by atoms with van der Waals surface area (Å²) in [6.07, 6.45) is 3.94. The Hall–Kier alpha value is -3.95. The molecular formula is C24H18F4N5O-. The van der Waals surface area contributed by atoms with E-state index in [1.807, 2.05) is 0 Å². The summed E-state index contributed by atoms with van der Waals surface area (Å²) < 4.78 is 55.7. The normalized spacial score (nSPS) is 17.2. The molecule has 1 N–H and O–H groups in total. The molecule has 0 aliphatic heterocycles. The summed E-state index contributed by atoms with van der Waals surface area (Å²) in [5.74, 6) is -0.967. The molecule has 174 valence electrons. The Morgan fingerprint density at radius 2 is 2.03 bits per heavy atom. The van der Waals surface area contributed by atoms with Crippen molar-refractivity contribution in [3.63, 3.8) is 0 Å². The molecule has 1 aromatic carbocycles. The summed E-state index contributed by atoms with van der Waals surface area (Å²) in [6, 6.07) is 7.22. The lowest BCUT2D eigenvalue weighted by molar-refractivity contribution is -0.213. The van der Waals surface area contributed by atoms with E-state index in [9.17, 15) is 22.7 Å². The van der Waals surface area contributed by atoms with Gasteiger partial charge in [0, 0.05) is 23.0 Å². The van der Waals surface area contributed by atoms with Gasteiger partial charge in [0.25, 0.3) is 0 Å². The Kier molecular flexibility index (Phi) is 5.43. The highest BCUT2D eigenvalue weighted by Crippen LogP contribution is 2.34. The number of hydrogen-bond donors (Lipinski definition) is 1. The van der Waals surface area contributed by atoms with E-state index in [0.29, 0.717) is 30.5 Å². The van der Waals surface area contributed by atoms with Crippen LogP contribution in [0.2, 0.25) is 0 Å². The van der Waals surface area contributed by atoms with E-state index in [2.05, 4.69) is 20.3 Å². The number of halogens is 4. The van der Waals surface area contributed by atoms with Crippen molar-refractivity contribution in [2.45, 2.75) is 31.5 Å². The van der Waals surface area contributed by atoms with Crippen molar-refractivity contribution in [3.05, 3.63) is 84.0 Å². The number of hydrogen-bond acceptors (Lipinski definition) is 5. The van der Waals surface area contributed by atoms with E-state index in [0.717, 1.165) is 23.7 Å². The predicted molar refractivity (Wildman–Crippen MR) is 118 cm³/mol. The molecule has 3 aromatic heterocycles. The zero-order valence-electron chi connectivity index (χ0n) is 17.7. The molecule has 0 saturated carbocycles. The van der Waals surface area contributed by atoms with E-state index >= 15 is 0 Å². The summed E-state index contributed by atoms with van der Waals surface area (Å²) in [5.41, 5.74) is 0.857. The first-order chi connectivity index (χ1) is 16.3. The van der Waals surface area contributed by atoms with Crippen LogP contribution in [0, 0.1) is 5.82 Å². The quantitative estimate of drug-likeness (QED) is 0.268. The van der Waals surface area contributed by atoms with E-state index in [1.54, 1.807) is 41.3 Å². The third-order valence-corrected chi connectivity index (χ3v) is 5.64. The molecule has 3 heterocycles. The first kappa shape index (κ1) is 21.9. The first-order valence-electron chi connectivity index (χ1n) is 10.6. The number of aromatic nitrogens is 3. The fourth-order valence-corrected chi connectivity index (χ4v) is 4.00. The maximum absolute atomic E-state index is 13.8. The van der Waals surface area contributed by atoms with Crippen molar-refractivity contribution in [3.8, 4) is 0 Å². The molecule has 1 aliphatic rings. The van der Waals surface area contributed by atoms with Crippen molar-refractivity contribution in [1.29, 1.82) is 0 Å². The number of allylic oxidation sites excluding steroid dienone is 1. The SMILES string of the molecule is [O-]C(=NC1C=C(Nc2cc(C(F)(F)F)nc3ccc(F)cc23)CCC1)c1ccn2cncc2c1. The van der Waals surface area contributed by atoms with Crippen LogP contribution in [-0.4, -0.2) is 26.3 Å². The third kappa shape index (κ3) is 4.43. The van der Waals surface area contributed by atoms with E-state index in [4.69, 9.17) is 0 Å². The smallest absolute Gasteiger partial charge is 0.433 e. The van der Waals surface area contributed by atoms with Crippen LogP contribution in [-0.2, 0) is 6.18 Å². The predicted octanol–water partition coefficient (Wildman–Crippen LogP) is 4.70. The number of nitrogens with zero attached hydrogens (tertiary/aromatic N) is 4. The molecule has 0 spiro atoms. The molecular weight excluding hydrogens is 450 g/mol. The lowest BCUT2D eigenvalue weighted by Gasteiger charge is -2.23. The van der Waals surface area contributed by atoms with Crippen molar-refractivity contribution in [1.82, 2.24) is 14.4 Å².